The standard InChI is InChI=1S/C18H23N3O3/c1-12-4-3-5-15(10-12)20-18(22)14-6-8-16(9-7-14)23-11-17-19-13(2)24-21-17/h6-9,12,15H,3-5,10-11H2,1-2H3,(H,20,22)/t12-,15-/m1/s1. The van der Waals surface area contributed by atoms with Crippen molar-refractivity contribution in [1.82, 2.24) is 15.5 Å². The predicted molar refractivity (Wildman–Crippen MR) is 88.7 cm³/mol. The molecule has 1 aromatic heterocycles. The number of ether oxygens (including phenoxy) is 1. The molecule has 0 radical (unpaired) electrons. The normalized spacial score (nSPS) is 20.6. The van der Waals surface area contributed by atoms with E-state index in [0.717, 1.165) is 12.8 Å². The molecule has 1 fully saturated rings. The van der Waals surface area contributed by atoms with Crippen LogP contribution < -0.4 is 10.1 Å². The van der Waals surface area contributed by atoms with Gasteiger partial charge in [-0.2, -0.15) is 4.98 Å². The fourth-order valence-electron chi connectivity index (χ4n) is 3.08. The number of rotatable bonds is 5. The van der Waals surface area contributed by atoms with Gasteiger partial charge >= 0.3 is 0 Å². The van der Waals surface area contributed by atoms with E-state index in [1.807, 2.05) is 0 Å². The van der Waals surface area contributed by atoms with Crippen molar-refractivity contribution < 1.29 is 14.1 Å². The monoisotopic (exact) mass is 329 g/mol. The number of aryl methyl sites for hydroxylation is 1. The molecule has 6 nitrogen and oxygen atoms in total. The van der Waals surface area contributed by atoms with Crippen molar-refractivity contribution in [2.75, 3.05) is 0 Å². The molecule has 0 unspecified atom stereocenters. The van der Waals surface area contributed by atoms with Crippen LogP contribution in [0.5, 0.6) is 5.75 Å². The van der Waals surface area contributed by atoms with E-state index >= 15 is 0 Å². The summed E-state index contributed by atoms with van der Waals surface area (Å²) in [6.45, 7) is 4.22. The Hall–Kier alpha value is -2.37. The molecule has 1 aromatic carbocycles. The highest BCUT2D eigenvalue weighted by atomic mass is 16.5. The molecule has 3 rings (SSSR count). The molecule has 128 valence electrons. The van der Waals surface area contributed by atoms with E-state index in [1.54, 1.807) is 31.2 Å². The van der Waals surface area contributed by atoms with Crippen LogP contribution in [0.1, 0.15) is 54.7 Å². The second-order valence-electron chi connectivity index (χ2n) is 6.48. The molecule has 2 aromatic rings. The molecule has 0 aliphatic heterocycles. The van der Waals surface area contributed by atoms with Crippen molar-refractivity contribution in [3.8, 4) is 5.75 Å². The van der Waals surface area contributed by atoms with Gasteiger partial charge in [0.2, 0.25) is 11.7 Å². The van der Waals surface area contributed by atoms with Crippen LogP contribution in [0.4, 0.5) is 0 Å². The minimum atomic E-state index is -0.0190. The number of carbonyl (C=O) groups is 1. The third kappa shape index (κ3) is 4.34. The third-order valence-corrected chi connectivity index (χ3v) is 4.33. The lowest BCUT2D eigenvalue weighted by Crippen LogP contribution is -2.37. The first-order chi connectivity index (χ1) is 11.6. The molecule has 0 saturated heterocycles. The molecule has 1 heterocycles. The molecule has 0 spiro atoms. The van der Waals surface area contributed by atoms with Crippen LogP contribution in [0.2, 0.25) is 0 Å². The number of hydrogen-bond acceptors (Lipinski definition) is 5. The first-order valence-electron chi connectivity index (χ1n) is 8.43. The highest BCUT2D eigenvalue weighted by Crippen LogP contribution is 2.24. The van der Waals surface area contributed by atoms with E-state index < -0.39 is 0 Å². The van der Waals surface area contributed by atoms with Crippen molar-refractivity contribution in [2.45, 2.75) is 52.2 Å². The number of nitrogens with zero attached hydrogens (tertiary/aromatic N) is 2. The topological polar surface area (TPSA) is 77.2 Å². The lowest BCUT2D eigenvalue weighted by Gasteiger charge is -2.27. The van der Waals surface area contributed by atoms with Crippen LogP contribution in [0, 0.1) is 12.8 Å². The molecule has 0 bridgehead atoms. The smallest absolute Gasteiger partial charge is 0.251 e. The average molecular weight is 329 g/mol. The Morgan fingerprint density at radius 1 is 1.33 bits per heavy atom. The molecule has 1 aliphatic carbocycles. The summed E-state index contributed by atoms with van der Waals surface area (Å²) in [6.07, 6.45) is 4.59. The Labute approximate surface area is 141 Å². The predicted octanol–water partition coefficient (Wildman–Crippen LogP) is 3.27. The van der Waals surface area contributed by atoms with E-state index in [9.17, 15) is 4.79 Å². The zero-order valence-corrected chi connectivity index (χ0v) is 14.1. The molecule has 2 atom stereocenters. The summed E-state index contributed by atoms with van der Waals surface area (Å²) in [5.74, 6) is 2.35. The Morgan fingerprint density at radius 3 is 2.79 bits per heavy atom. The van der Waals surface area contributed by atoms with Crippen LogP contribution in [-0.2, 0) is 6.61 Å². The molecule has 24 heavy (non-hydrogen) atoms. The Morgan fingerprint density at radius 2 is 2.12 bits per heavy atom. The van der Waals surface area contributed by atoms with E-state index in [1.165, 1.54) is 12.8 Å². The van der Waals surface area contributed by atoms with E-state index in [4.69, 9.17) is 9.26 Å². The summed E-state index contributed by atoms with van der Waals surface area (Å²) in [6, 6.07) is 7.41. The van der Waals surface area contributed by atoms with Gasteiger partial charge in [-0.05, 0) is 43.0 Å². The lowest BCUT2D eigenvalue weighted by atomic mass is 9.87. The summed E-state index contributed by atoms with van der Waals surface area (Å²) in [5, 5.41) is 6.91. The summed E-state index contributed by atoms with van der Waals surface area (Å²) in [7, 11) is 0. The van der Waals surface area contributed by atoms with Crippen LogP contribution in [0.25, 0.3) is 0 Å². The van der Waals surface area contributed by atoms with Gasteiger partial charge in [-0.15, -0.1) is 0 Å². The third-order valence-electron chi connectivity index (χ3n) is 4.33. The van der Waals surface area contributed by atoms with Crippen molar-refractivity contribution in [3.63, 3.8) is 0 Å². The van der Waals surface area contributed by atoms with Gasteiger partial charge in [-0.1, -0.05) is 24.9 Å². The van der Waals surface area contributed by atoms with Gasteiger partial charge in [0.1, 0.15) is 5.75 Å². The molecular weight excluding hydrogens is 306 g/mol. The summed E-state index contributed by atoms with van der Waals surface area (Å²) >= 11 is 0. The molecule has 1 saturated carbocycles. The first kappa shape index (κ1) is 16.5. The highest BCUT2D eigenvalue weighted by Gasteiger charge is 2.20. The summed E-state index contributed by atoms with van der Waals surface area (Å²) < 4.78 is 10.5. The zero-order valence-electron chi connectivity index (χ0n) is 14.1. The minimum Gasteiger partial charge on any atom is -0.485 e. The fourth-order valence-corrected chi connectivity index (χ4v) is 3.08. The van der Waals surface area contributed by atoms with Crippen LogP contribution in [0.15, 0.2) is 28.8 Å². The highest BCUT2D eigenvalue weighted by molar-refractivity contribution is 5.94. The lowest BCUT2D eigenvalue weighted by molar-refractivity contribution is 0.0921. The van der Waals surface area contributed by atoms with Gasteiger partial charge in [0, 0.05) is 18.5 Å². The SMILES string of the molecule is Cc1nc(COc2ccc(C(=O)N[C@@H]3CCC[C@@H](C)C3)cc2)no1. The second kappa shape index (κ2) is 7.47. The van der Waals surface area contributed by atoms with E-state index in [2.05, 4.69) is 22.4 Å². The summed E-state index contributed by atoms with van der Waals surface area (Å²) in [5.41, 5.74) is 0.649. The number of aromatic nitrogens is 2. The van der Waals surface area contributed by atoms with Crippen LogP contribution >= 0.6 is 0 Å². The van der Waals surface area contributed by atoms with Gasteiger partial charge in [-0.25, -0.2) is 0 Å². The zero-order chi connectivity index (χ0) is 16.9. The van der Waals surface area contributed by atoms with E-state index in [0.29, 0.717) is 35.0 Å². The Kier molecular flexibility index (Phi) is 5.13. The van der Waals surface area contributed by atoms with Crippen molar-refractivity contribution >= 4 is 5.91 Å². The minimum absolute atomic E-state index is 0.0190. The quantitative estimate of drug-likeness (QED) is 0.911. The number of benzene rings is 1. The number of hydrogen-bond donors (Lipinski definition) is 1. The van der Waals surface area contributed by atoms with Crippen LogP contribution in [-0.4, -0.2) is 22.1 Å². The van der Waals surface area contributed by atoms with Gasteiger partial charge < -0.3 is 14.6 Å². The maximum atomic E-state index is 12.3. The molecule has 1 N–H and O–H groups in total. The Bertz CT molecular complexity index is 681. The van der Waals surface area contributed by atoms with Gasteiger partial charge in [0.25, 0.3) is 5.91 Å². The van der Waals surface area contributed by atoms with Crippen molar-refractivity contribution in [3.05, 3.63) is 41.5 Å². The second-order valence-corrected chi connectivity index (χ2v) is 6.48. The number of amides is 1. The largest absolute Gasteiger partial charge is 0.485 e. The number of carbonyl (C=O) groups excluding carboxylic acids is 1. The maximum Gasteiger partial charge on any atom is 0.251 e. The van der Waals surface area contributed by atoms with Crippen molar-refractivity contribution in [1.29, 1.82) is 0 Å². The fraction of sp³-hybridized carbons (Fsp3) is 0.500. The molecule has 1 aliphatic rings. The first-order valence-corrected chi connectivity index (χ1v) is 8.43. The maximum absolute atomic E-state index is 12.3. The van der Waals surface area contributed by atoms with Crippen molar-refractivity contribution in [2.24, 2.45) is 5.92 Å². The van der Waals surface area contributed by atoms with Crippen LogP contribution in [0.3, 0.4) is 0 Å². The molecule has 6 heteroatoms. The van der Waals surface area contributed by atoms with Gasteiger partial charge in [0.15, 0.2) is 6.61 Å². The van der Waals surface area contributed by atoms with Gasteiger partial charge in [0.05, 0.1) is 0 Å². The number of nitrogens with one attached hydrogen (secondary N) is 1. The van der Waals surface area contributed by atoms with E-state index in [-0.39, 0.29) is 12.5 Å². The van der Waals surface area contributed by atoms with Gasteiger partial charge in [-0.3, -0.25) is 4.79 Å². The molecular formula is C18H23N3O3. The Balaban J connectivity index is 1.52. The molecule has 1 amide bonds. The summed E-state index contributed by atoms with van der Waals surface area (Å²) in [4.78, 5) is 16.4. The average Bonchev–Trinajstić information content (AvgIpc) is 2.99.